The molecule has 1 aromatic rings. The van der Waals surface area contributed by atoms with E-state index in [0.717, 1.165) is 18.5 Å². The molecule has 1 fully saturated rings. The van der Waals surface area contributed by atoms with E-state index < -0.39 is 0 Å². The number of nitrogens with one attached hydrogen (secondary N) is 1. The van der Waals surface area contributed by atoms with Crippen LogP contribution in [-0.4, -0.2) is 29.0 Å². The lowest BCUT2D eigenvalue weighted by atomic mass is 9.80. The first kappa shape index (κ1) is 14.5. The summed E-state index contributed by atoms with van der Waals surface area (Å²) in [6.07, 6.45) is 5.01. The third-order valence-corrected chi connectivity index (χ3v) is 4.50. The number of aromatic nitrogens is 2. The van der Waals surface area contributed by atoms with Gasteiger partial charge in [0.2, 0.25) is 0 Å². The molecule has 0 amide bonds. The Morgan fingerprint density at radius 2 is 2.26 bits per heavy atom. The molecule has 5 nitrogen and oxygen atoms in total. The van der Waals surface area contributed by atoms with Crippen LogP contribution in [0.1, 0.15) is 39.2 Å². The predicted octanol–water partition coefficient (Wildman–Crippen LogP) is 2.57. The van der Waals surface area contributed by atoms with E-state index in [2.05, 4.69) is 26.3 Å². The zero-order valence-corrected chi connectivity index (χ0v) is 13.2. The maximum absolute atomic E-state index is 12.1. The fourth-order valence-electron chi connectivity index (χ4n) is 2.22. The van der Waals surface area contributed by atoms with Gasteiger partial charge < -0.3 is 10.1 Å². The molecular weight excluding hydrogens is 310 g/mol. The SMILES string of the molecule is COC1(CNc2cnn(C(C)C)c(=O)c2Br)CCC1. The second-order valence-corrected chi connectivity index (χ2v) is 6.10. The minimum absolute atomic E-state index is 0.0507. The highest BCUT2D eigenvalue weighted by molar-refractivity contribution is 9.10. The third-order valence-electron chi connectivity index (χ3n) is 3.73. The Hall–Kier alpha value is -0.880. The summed E-state index contributed by atoms with van der Waals surface area (Å²) in [7, 11) is 1.74. The first-order chi connectivity index (χ1) is 8.99. The summed E-state index contributed by atoms with van der Waals surface area (Å²) in [5.74, 6) is 0. The van der Waals surface area contributed by atoms with Crippen LogP contribution in [0.3, 0.4) is 0 Å². The summed E-state index contributed by atoms with van der Waals surface area (Å²) in [6.45, 7) is 4.57. The highest BCUT2D eigenvalue weighted by atomic mass is 79.9. The molecule has 1 aliphatic carbocycles. The van der Waals surface area contributed by atoms with Crippen LogP contribution in [0.5, 0.6) is 0 Å². The molecule has 19 heavy (non-hydrogen) atoms. The third kappa shape index (κ3) is 2.84. The second-order valence-electron chi connectivity index (χ2n) is 5.31. The Morgan fingerprint density at radius 1 is 1.58 bits per heavy atom. The van der Waals surface area contributed by atoms with Gasteiger partial charge in [-0.25, -0.2) is 4.68 Å². The number of halogens is 1. The van der Waals surface area contributed by atoms with Gasteiger partial charge in [0.05, 0.1) is 23.5 Å². The van der Waals surface area contributed by atoms with E-state index in [4.69, 9.17) is 4.74 Å². The molecule has 0 radical (unpaired) electrons. The average molecular weight is 330 g/mol. The summed E-state index contributed by atoms with van der Waals surface area (Å²) < 4.78 is 7.54. The van der Waals surface area contributed by atoms with E-state index in [-0.39, 0.29) is 17.2 Å². The Labute approximate surface area is 121 Å². The number of rotatable bonds is 5. The van der Waals surface area contributed by atoms with Gasteiger partial charge in [0.15, 0.2) is 0 Å². The lowest BCUT2D eigenvalue weighted by molar-refractivity contribution is -0.0601. The number of anilines is 1. The van der Waals surface area contributed by atoms with Crippen LogP contribution in [0.4, 0.5) is 5.69 Å². The molecular formula is C13H20BrN3O2. The highest BCUT2D eigenvalue weighted by Gasteiger charge is 2.36. The molecule has 1 aromatic heterocycles. The molecule has 106 valence electrons. The monoisotopic (exact) mass is 329 g/mol. The van der Waals surface area contributed by atoms with E-state index in [9.17, 15) is 4.79 Å². The van der Waals surface area contributed by atoms with Gasteiger partial charge in [0.1, 0.15) is 4.47 Å². The fraction of sp³-hybridized carbons (Fsp3) is 0.692. The molecule has 1 heterocycles. The van der Waals surface area contributed by atoms with Crippen molar-refractivity contribution in [2.45, 2.75) is 44.8 Å². The van der Waals surface area contributed by atoms with Crippen LogP contribution in [0.2, 0.25) is 0 Å². The fourth-order valence-corrected chi connectivity index (χ4v) is 2.64. The van der Waals surface area contributed by atoms with Gasteiger partial charge >= 0.3 is 0 Å². The molecule has 0 saturated heterocycles. The molecule has 0 spiro atoms. The molecule has 0 unspecified atom stereocenters. The number of hydrogen-bond acceptors (Lipinski definition) is 4. The highest BCUT2D eigenvalue weighted by Crippen LogP contribution is 2.35. The molecule has 0 bridgehead atoms. The van der Waals surface area contributed by atoms with E-state index in [1.54, 1.807) is 13.3 Å². The number of hydrogen-bond donors (Lipinski definition) is 1. The molecule has 2 rings (SSSR count). The van der Waals surface area contributed by atoms with Crippen molar-refractivity contribution in [3.05, 3.63) is 21.0 Å². The van der Waals surface area contributed by atoms with Crippen LogP contribution in [0, 0.1) is 0 Å². The summed E-state index contributed by atoms with van der Waals surface area (Å²) in [4.78, 5) is 12.1. The summed E-state index contributed by atoms with van der Waals surface area (Å²) in [6, 6.07) is 0.0507. The van der Waals surface area contributed by atoms with Crippen molar-refractivity contribution in [2.24, 2.45) is 0 Å². The van der Waals surface area contributed by atoms with Crippen molar-refractivity contribution in [1.82, 2.24) is 9.78 Å². The first-order valence-electron chi connectivity index (χ1n) is 6.55. The standard InChI is InChI=1S/C13H20BrN3O2/c1-9(2)17-12(18)11(14)10(7-16-17)15-8-13(19-3)5-4-6-13/h7,9,15H,4-6,8H2,1-3H3. The van der Waals surface area contributed by atoms with Crippen LogP contribution in [0.15, 0.2) is 15.5 Å². The van der Waals surface area contributed by atoms with Crippen molar-refractivity contribution in [1.29, 1.82) is 0 Å². The summed E-state index contributed by atoms with van der Waals surface area (Å²) in [5.41, 5.74) is 0.539. The van der Waals surface area contributed by atoms with Gasteiger partial charge in [-0.05, 0) is 49.0 Å². The lowest BCUT2D eigenvalue weighted by Crippen LogP contribution is -2.45. The Balaban J connectivity index is 2.13. The maximum Gasteiger partial charge on any atom is 0.283 e. The zero-order chi connectivity index (χ0) is 14.0. The largest absolute Gasteiger partial charge is 0.380 e. The molecule has 0 aliphatic heterocycles. The van der Waals surface area contributed by atoms with Crippen molar-refractivity contribution >= 4 is 21.6 Å². The van der Waals surface area contributed by atoms with Gasteiger partial charge in [0, 0.05) is 13.7 Å². The smallest absolute Gasteiger partial charge is 0.283 e. The molecule has 0 aromatic carbocycles. The normalized spacial score (nSPS) is 17.3. The second kappa shape index (κ2) is 5.63. The van der Waals surface area contributed by atoms with E-state index in [1.165, 1.54) is 11.1 Å². The Bertz CT molecular complexity index is 504. The minimum Gasteiger partial charge on any atom is -0.380 e. The van der Waals surface area contributed by atoms with Crippen molar-refractivity contribution < 1.29 is 4.74 Å². The lowest BCUT2D eigenvalue weighted by Gasteiger charge is -2.40. The zero-order valence-electron chi connectivity index (χ0n) is 11.6. The predicted molar refractivity (Wildman–Crippen MR) is 78.7 cm³/mol. The summed E-state index contributed by atoms with van der Waals surface area (Å²) >= 11 is 3.35. The molecule has 6 heteroatoms. The molecule has 1 aliphatic rings. The van der Waals surface area contributed by atoms with Crippen LogP contribution in [-0.2, 0) is 4.74 Å². The van der Waals surface area contributed by atoms with Crippen molar-refractivity contribution in [3.63, 3.8) is 0 Å². The Morgan fingerprint density at radius 3 is 2.74 bits per heavy atom. The van der Waals surface area contributed by atoms with Crippen molar-refractivity contribution in [3.8, 4) is 0 Å². The van der Waals surface area contributed by atoms with Crippen LogP contribution in [0.25, 0.3) is 0 Å². The Kier molecular flexibility index (Phi) is 4.30. The first-order valence-corrected chi connectivity index (χ1v) is 7.35. The van der Waals surface area contributed by atoms with Crippen molar-refractivity contribution in [2.75, 3.05) is 19.0 Å². The number of methoxy groups -OCH3 is 1. The topological polar surface area (TPSA) is 56.1 Å². The van der Waals surface area contributed by atoms with Crippen LogP contribution < -0.4 is 10.9 Å². The maximum atomic E-state index is 12.1. The molecule has 0 atom stereocenters. The van der Waals surface area contributed by atoms with Gasteiger partial charge in [0.25, 0.3) is 5.56 Å². The quantitative estimate of drug-likeness (QED) is 0.902. The number of nitrogens with zero attached hydrogens (tertiary/aromatic N) is 2. The van der Waals surface area contributed by atoms with Gasteiger partial charge in [-0.3, -0.25) is 4.79 Å². The molecule has 1 N–H and O–H groups in total. The molecule has 1 saturated carbocycles. The van der Waals surface area contributed by atoms with E-state index in [0.29, 0.717) is 11.0 Å². The van der Waals surface area contributed by atoms with E-state index >= 15 is 0 Å². The van der Waals surface area contributed by atoms with Crippen LogP contribution >= 0.6 is 15.9 Å². The minimum atomic E-state index is -0.111. The summed E-state index contributed by atoms with van der Waals surface area (Å²) in [5, 5.41) is 7.45. The van der Waals surface area contributed by atoms with Gasteiger partial charge in [-0.1, -0.05) is 0 Å². The van der Waals surface area contributed by atoms with Gasteiger partial charge in [-0.2, -0.15) is 5.10 Å². The average Bonchev–Trinajstić information content (AvgIpc) is 2.33. The number of ether oxygens (including phenoxy) is 1. The van der Waals surface area contributed by atoms with Gasteiger partial charge in [-0.15, -0.1) is 0 Å². The van der Waals surface area contributed by atoms with E-state index in [1.807, 2.05) is 13.8 Å².